The molecule has 0 radical (unpaired) electrons. The minimum atomic E-state index is -0.852. The Morgan fingerprint density at radius 2 is 1.68 bits per heavy atom. The number of halogens is 5. The van der Waals surface area contributed by atoms with E-state index in [0.29, 0.717) is 9.13 Å². The average Bonchev–Trinajstić information content (AvgIpc) is 2.33. The Bertz CT molecular complexity index is 634. The molecule has 0 aromatic heterocycles. The summed E-state index contributed by atoms with van der Waals surface area (Å²) in [4.78, 5) is 0. The Balaban J connectivity index is 2.49. The summed E-state index contributed by atoms with van der Waals surface area (Å²) < 4.78 is 40.9. The molecular weight excluding hydrogens is 434 g/mol. The van der Waals surface area contributed by atoms with Crippen LogP contribution in [0.1, 0.15) is 17.2 Å². The van der Waals surface area contributed by atoms with Crippen molar-refractivity contribution in [3.05, 3.63) is 67.0 Å². The van der Waals surface area contributed by atoms with Crippen LogP contribution in [-0.2, 0) is 0 Å². The molecule has 0 fully saturated rings. The van der Waals surface area contributed by atoms with Gasteiger partial charge in [0.1, 0.15) is 17.5 Å². The van der Waals surface area contributed by atoms with E-state index in [9.17, 15) is 13.2 Å². The van der Waals surface area contributed by atoms with Crippen LogP contribution in [0.15, 0.2) is 34.8 Å². The lowest BCUT2D eigenvalue weighted by Gasteiger charge is -2.16. The third-order valence-corrected chi connectivity index (χ3v) is 4.21. The molecule has 1 unspecified atom stereocenters. The van der Waals surface area contributed by atoms with Gasteiger partial charge in [-0.15, -0.1) is 0 Å². The van der Waals surface area contributed by atoms with E-state index in [-0.39, 0.29) is 10.0 Å². The van der Waals surface area contributed by atoms with Crippen molar-refractivity contribution in [3.63, 3.8) is 0 Å². The first-order valence-electron chi connectivity index (χ1n) is 5.25. The first kappa shape index (κ1) is 14.8. The smallest absolute Gasteiger partial charge is 0.137 e. The van der Waals surface area contributed by atoms with Crippen molar-refractivity contribution in [1.29, 1.82) is 0 Å². The molecule has 1 nitrogen and oxygen atoms in total. The molecule has 0 saturated carbocycles. The van der Waals surface area contributed by atoms with E-state index in [1.54, 1.807) is 0 Å². The van der Waals surface area contributed by atoms with Crippen LogP contribution in [0.3, 0.4) is 0 Å². The molecule has 0 amide bonds. The molecule has 6 heteroatoms. The zero-order valence-electron chi connectivity index (χ0n) is 9.43. The van der Waals surface area contributed by atoms with Crippen molar-refractivity contribution < 1.29 is 13.2 Å². The minimum absolute atomic E-state index is 0.0326. The summed E-state index contributed by atoms with van der Waals surface area (Å²) in [5.41, 5.74) is 6.51. The molecule has 19 heavy (non-hydrogen) atoms. The van der Waals surface area contributed by atoms with Crippen LogP contribution in [0, 0.1) is 21.0 Å². The van der Waals surface area contributed by atoms with E-state index in [1.807, 2.05) is 22.6 Å². The second-order valence-electron chi connectivity index (χ2n) is 3.93. The molecular formula is C13H8BrF3IN. The third-order valence-electron chi connectivity index (χ3n) is 2.67. The maximum Gasteiger partial charge on any atom is 0.137 e. The van der Waals surface area contributed by atoms with Crippen molar-refractivity contribution in [3.8, 4) is 0 Å². The van der Waals surface area contributed by atoms with Gasteiger partial charge in [-0.2, -0.15) is 0 Å². The largest absolute Gasteiger partial charge is 0.320 e. The number of hydrogen-bond acceptors (Lipinski definition) is 1. The Hall–Kier alpha value is -0.600. The SMILES string of the molecule is NC(c1cc(F)c(Br)cc1F)c1ccc(F)cc1I. The molecule has 2 rings (SSSR count). The lowest BCUT2D eigenvalue weighted by molar-refractivity contribution is 0.571. The molecule has 2 aromatic rings. The summed E-state index contributed by atoms with van der Waals surface area (Å²) in [7, 11) is 0. The topological polar surface area (TPSA) is 26.0 Å². The molecule has 0 aliphatic heterocycles. The van der Waals surface area contributed by atoms with Gasteiger partial charge in [0, 0.05) is 9.13 Å². The highest BCUT2D eigenvalue weighted by Gasteiger charge is 2.18. The first-order chi connectivity index (χ1) is 8.90. The Kier molecular flexibility index (Phi) is 4.52. The van der Waals surface area contributed by atoms with Crippen molar-refractivity contribution >= 4 is 38.5 Å². The van der Waals surface area contributed by atoms with Gasteiger partial charge in [-0.3, -0.25) is 0 Å². The fraction of sp³-hybridized carbons (Fsp3) is 0.0769. The minimum Gasteiger partial charge on any atom is -0.320 e. The fourth-order valence-electron chi connectivity index (χ4n) is 1.70. The van der Waals surface area contributed by atoms with Gasteiger partial charge in [0.25, 0.3) is 0 Å². The van der Waals surface area contributed by atoms with Crippen LogP contribution in [0.25, 0.3) is 0 Å². The van der Waals surface area contributed by atoms with E-state index in [4.69, 9.17) is 5.73 Å². The number of hydrogen-bond donors (Lipinski definition) is 1. The summed E-state index contributed by atoms with van der Waals surface area (Å²) >= 11 is 4.81. The summed E-state index contributed by atoms with van der Waals surface area (Å²) in [6, 6.07) is 5.23. The van der Waals surface area contributed by atoms with Crippen LogP contribution in [-0.4, -0.2) is 0 Å². The molecule has 0 heterocycles. The maximum atomic E-state index is 13.8. The Morgan fingerprint density at radius 1 is 1.00 bits per heavy atom. The molecule has 2 N–H and O–H groups in total. The average molecular weight is 442 g/mol. The normalized spacial score (nSPS) is 12.5. The number of nitrogens with two attached hydrogens (primary N) is 1. The molecule has 0 aliphatic carbocycles. The monoisotopic (exact) mass is 441 g/mol. The summed E-state index contributed by atoms with van der Waals surface area (Å²) in [5, 5.41) is 0. The lowest BCUT2D eigenvalue weighted by atomic mass is 9.99. The number of rotatable bonds is 2. The molecule has 0 spiro atoms. The summed E-state index contributed by atoms with van der Waals surface area (Å²) in [6.07, 6.45) is 0. The van der Waals surface area contributed by atoms with E-state index in [0.717, 1.165) is 12.1 Å². The molecule has 0 aliphatic rings. The van der Waals surface area contributed by atoms with Crippen LogP contribution < -0.4 is 5.73 Å². The van der Waals surface area contributed by atoms with Crippen LogP contribution in [0.4, 0.5) is 13.2 Å². The lowest BCUT2D eigenvalue weighted by Crippen LogP contribution is -2.15. The van der Waals surface area contributed by atoms with Gasteiger partial charge in [-0.1, -0.05) is 6.07 Å². The highest BCUT2D eigenvalue weighted by molar-refractivity contribution is 14.1. The van der Waals surface area contributed by atoms with Crippen molar-refractivity contribution in [2.24, 2.45) is 5.73 Å². The highest BCUT2D eigenvalue weighted by atomic mass is 127. The fourth-order valence-corrected chi connectivity index (χ4v) is 2.83. The van der Waals surface area contributed by atoms with Gasteiger partial charge in [0.2, 0.25) is 0 Å². The van der Waals surface area contributed by atoms with Gasteiger partial charge < -0.3 is 5.73 Å². The predicted molar refractivity (Wildman–Crippen MR) is 79.2 cm³/mol. The van der Waals surface area contributed by atoms with Gasteiger partial charge >= 0.3 is 0 Å². The second kappa shape index (κ2) is 5.80. The summed E-state index contributed by atoms with van der Waals surface area (Å²) in [6.45, 7) is 0. The molecule has 0 saturated heterocycles. The van der Waals surface area contributed by atoms with E-state index in [1.165, 1.54) is 18.2 Å². The van der Waals surface area contributed by atoms with Crippen LogP contribution >= 0.6 is 38.5 Å². The van der Waals surface area contributed by atoms with Crippen LogP contribution in [0.2, 0.25) is 0 Å². The van der Waals surface area contributed by atoms with Crippen molar-refractivity contribution in [2.45, 2.75) is 6.04 Å². The standard InChI is InChI=1S/C13H8BrF3IN/c14-9-5-10(16)8(4-11(9)17)13(19)7-2-1-6(15)3-12(7)18/h1-5,13H,19H2. The first-order valence-corrected chi connectivity index (χ1v) is 7.12. The number of benzene rings is 2. The quantitative estimate of drug-likeness (QED) is 0.538. The second-order valence-corrected chi connectivity index (χ2v) is 5.95. The molecule has 0 bridgehead atoms. The van der Waals surface area contributed by atoms with E-state index in [2.05, 4.69) is 15.9 Å². The zero-order chi connectivity index (χ0) is 14.2. The van der Waals surface area contributed by atoms with Gasteiger partial charge in [0.15, 0.2) is 0 Å². The molecule has 1 atom stereocenters. The van der Waals surface area contributed by atoms with E-state index < -0.39 is 23.5 Å². The zero-order valence-corrected chi connectivity index (χ0v) is 13.2. The molecule has 2 aromatic carbocycles. The molecule has 100 valence electrons. The van der Waals surface area contributed by atoms with Crippen molar-refractivity contribution in [2.75, 3.05) is 0 Å². The van der Waals surface area contributed by atoms with Crippen molar-refractivity contribution in [1.82, 2.24) is 0 Å². The maximum absolute atomic E-state index is 13.8. The Labute approximate surface area is 130 Å². The van der Waals surface area contributed by atoms with Crippen LogP contribution in [0.5, 0.6) is 0 Å². The van der Waals surface area contributed by atoms with Gasteiger partial charge in [-0.25, -0.2) is 13.2 Å². The van der Waals surface area contributed by atoms with E-state index >= 15 is 0 Å². The predicted octanol–water partition coefficient (Wildman–Crippen LogP) is 4.52. The Morgan fingerprint density at radius 3 is 2.32 bits per heavy atom. The highest BCUT2D eigenvalue weighted by Crippen LogP contribution is 2.29. The van der Waals surface area contributed by atoms with Gasteiger partial charge in [0.05, 0.1) is 10.5 Å². The van der Waals surface area contributed by atoms with Gasteiger partial charge in [-0.05, 0) is 68.3 Å². The third kappa shape index (κ3) is 3.11. The summed E-state index contributed by atoms with van der Waals surface area (Å²) in [5.74, 6) is -1.60.